The summed E-state index contributed by atoms with van der Waals surface area (Å²) in [5, 5.41) is 14.8. The molecule has 0 bridgehead atoms. The number of nitrogens with zero attached hydrogens (tertiary/aromatic N) is 2. The minimum absolute atomic E-state index is 0.0498. The first kappa shape index (κ1) is 16.2. The highest BCUT2D eigenvalue weighted by molar-refractivity contribution is 14.1. The first-order chi connectivity index (χ1) is 11.6. The van der Waals surface area contributed by atoms with Crippen molar-refractivity contribution in [2.75, 3.05) is 5.43 Å². The van der Waals surface area contributed by atoms with Crippen molar-refractivity contribution in [3.63, 3.8) is 0 Å². The Hall–Kier alpha value is -2.68. The summed E-state index contributed by atoms with van der Waals surface area (Å²) in [4.78, 5) is 10.2. The maximum absolute atomic E-state index is 10.7. The van der Waals surface area contributed by atoms with Crippen molar-refractivity contribution in [3.05, 3.63) is 80.1 Å². The minimum atomic E-state index is -0.430. The predicted molar refractivity (Wildman–Crippen MR) is 101 cm³/mol. The van der Waals surface area contributed by atoms with Crippen molar-refractivity contribution in [1.29, 1.82) is 0 Å². The average molecular weight is 433 g/mol. The first-order valence-corrected chi connectivity index (χ1v) is 8.09. The molecule has 120 valence electrons. The van der Waals surface area contributed by atoms with Crippen LogP contribution >= 0.6 is 22.6 Å². The summed E-state index contributed by atoms with van der Waals surface area (Å²) in [5.41, 5.74) is 4.62. The van der Waals surface area contributed by atoms with E-state index in [1.807, 2.05) is 24.3 Å². The van der Waals surface area contributed by atoms with Crippen LogP contribution in [0.25, 0.3) is 11.3 Å². The average Bonchev–Trinajstić information content (AvgIpc) is 3.06. The van der Waals surface area contributed by atoms with Gasteiger partial charge in [-0.1, -0.05) is 0 Å². The zero-order chi connectivity index (χ0) is 16.9. The van der Waals surface area contributed by atoms with Gasteiger partial charge >= 0.3 is 0 Å². The van der Waals surface area contributed by atoms with Gasteiger partial charge in [-0.3, -0.25) is 15.5 Å². The topological polar surface area (TPSA) is 80.7 Å². The summed E-state index contributed by atoms with van der Waals surface area (Å²) in [7, 11) is 0. The highest BCUT2D eigenvalue weighted by Gasteiger charge is 2.07. The third-order valence-electron chi connectivity index (χ3n) is 3.22. The molecule has 0 spiro atoms. The van der Waals surface area contributed by atoms with Crippen molar-refractivity contribution < 1.29 is 9.34 Å². The van der Waals surface area contributed by atoms with Gasteiger partial charge in [0, 0.05) is 21.3 Å². The van der Waals surface area contributed by atoms with Crippen molar-refractivity contribution in [2.45, 2.75) is 0 Å². The highest BCUT2D eigenvalue weighted by Crippen LogP contribution is 2.24. The van der Waals surface area contributed by atoms with Crippen LogP contribution in [0.15, 0.2) is 70.2 Å². The second-order valence-corrected chi connectivity index (χ2v) is 6.13. The van der Waals surface area contributed by atoms with Gasteiger partial charge in [0.05, 0.1) is 16.8 Å². The molecule has 0 atom stereocenters. The number of hydrogen-bond donors (Lipinski definition) is 1. The van der Waals surface area contributed by atoms with E-state index in [1.54, 1.807) is 30.5 Å². The zero-order valence-electron chi connectivity index (χ0n) is 12.3. The predicted octanol–water partition coefficient (Wildman–Crippen LogP) is 4.91. The standard InChI is InChI=1S/C17H12IN3O3/c18-13-3-5-14(6-4-13)20-19-11-16-9-10-17(24-16)12-1-7-15(8-2-12)21(22)23/h1-11,20H/b19-11-. The van der Waals surface area contributed by atoms with E-state index in [9.17, 15) is 10.1 Å². The highest BCUT2D eigenvalue weighted by atomic mass is 127. The Bertz CT molecular complexity index is 871. The van der Waals surface area contributed by atoms with E-state index < -0.39 is 4.92 Å². The number of rotatable bonds is 5. The Kier molecular flexibility index (Phi) is 4.90. The molecule has 1 N–H and O–H groups in total. The molecule has 24 heavy (non-hydrogen) atoms. The molecule has 0 saturated carbocycles. The summed E-state index contributed by atoms with van der Waals surface area (Å²) < 4.78 is 6.82. The van der Waals surface area contributed by atoms with Gasteiger partial charge < -0.3 is 4.42 Å². The van der Waals surface area contributed by atoms with E-state index in [4.69, 9.17) is 4.42 Å². The van der Waals surface area contributed by atoms with Crippen molar-refractivity contribution >= 4 is 40.2 Å². The normalized spacial score (nSPS) is 10.9. The molecule has 3 aromatic rings. The van der Waals surface area contributed by atoms with Crippen molar-refractivity contribution in [3.8, 4) is 11.3 Å². The Labute approximate surface area is 151 Å². The summed E-state index contributed by atoms with van der Waals surface area (Å²) in [6, 6.07) is 17.6. The van der Waals surface area contributed by atoms with Crippen LogP contribution < -0.4 is 5.43 Å². The molecule has 3 rings (SSSR count). The van der Waals surface area contributed by atoms with E-state index in [0.29, 0.717) is 11.5 Å². The van der Waals surface area contributed by atoms with Gasteiger partial charge in [0.1, 0.15) is 11.5 Å². The van der Waals surface area contributed by atoms with Gasteiger partial charge in [0.2, 0.25) is 0 Å². The zero-order valence-corrected chi connectivity index (χ0v) is 14.5. The van der Waals surface area contributed by atoms with Gasteiger partial charge in [-0.15, -0.1) is 0 Å². The minimum Gasteiger partial charge on any atom is -0.455 e. The Morgan fingerprint density at radius 3 is 2.42 bits per heavy atom. The first-order valence-electron chi connectivity index (χ1n) is 7.01. The van der Waals surface area contributed by atoms with Crippen LogP contribution in [-0.4, -0.2) is 11.1 Å². The number of nitro benzene ring substituents is 1. The van der Waals surface area contributed by atoms with Gasteiger partial charge in [-0.25, -0.2) is 0 Å². The van der Waals surface area contributed by atoms with Crippen LogP contribution in [0.1, 0.15) is 5.76 Å². The largest absolute Gasteiger partial charge is 0.455 e. The van der Waals surface area contributed by atoms with E-state index in [1.165, 1.54) is 12.1 Å². The second kappa shape index (κ2) is 7.26. The summed E-state index contributed by atoms with van der Waals surface area (Å²) in [5.74, 6) is 1.21. The fourth-order valence-corrected chi connectivity index (χ4v) is 2.38. The number of nitro groups is 1. The summed E-state index contributed by atoms with van der Waals surface area (Å²) >= 11 is 2.24. The molecule has 0 aliphatic rings. The van der Waals surface area contributed by atoms with Crippen molar-refractivity contribution in [1.82, 2.24) is 0 Å². The molecule has 0 aliphatic heterocycles. The molecule has 2 aromatic carbocycles. The molecule has 0 aliphatic carbocycles. The van der Waals surface area contributed by atoms with Gasteiger partial charge in [-0.05, 0) is 71.1 Å². The Morgan fingerprint density at radius 2 is 1.75 bits per heavy atom. The molecular weight excluding hydrogens is 421 g/mol. The fourth-order valence-electron chi connectivity index (χ4n) is 2.02. The number of halogens is 1. The molecule has 0 saturated heterocycles. The fraction of sp³-hybridized carbons (Fsp3) is 0. The molecule has 1 heterocycles. The quantitative estimate of drug-likeness (QED) is 0.269. The smallest absolute Gasteiger partial charge is 0.269 e. The van der Waals surface area contributed by atoms with Crippen LogP contribution in [-0.2, 0) is 0 Å². The lowest BCUT2D eigenvalue weighted by Crippen LogP contribution is -1.89. The second-order valence-electron chi connectivity index (χ2n) is 4.88. The van der Waals surface area contributed by atoms with Crippen molar-refractivity contribution in [2.24, 2.45) is 5.10 Å². The number of anilines is 1. The number of benzene rings is 2. The summed E-state index contributed by atoms with van der Waals surface area (Å²) in [6.07, 6.45) is 1.58. The molecule has 0 radical (unpaired) electrons. The number of furan rings is 1. The molecule has 0 fully saturated rings. The Morgan fingerprint density at radius 1 is 1.04 bits per heavy atom. The van der Waals surface area contributed by atoms with Crippen LogP contribution in [0.3, 0.4) is 0 Å². The summed E-state index contributed by atoms with van der Waals surface area (Å²) in [6.45, 7) is 0. The lowest BCUT2D eigenvalue weighted by atomic mass is 10.1. The van der Waals surface area contributed by atoms with Crippen LogP contribution in [0.5, 0.6) is 0 Å². The van der Waals surface area contributed by atoms with Gasteiger partial charge in [-0.2, -0.15) is 5.10 Å². The van der Waals surface area contributed by atoms with Crippen LogP contribution in [0.2, 0.25) is 0 Å². The third kappa shape index (κ3) is 3.99. The van der Waals surface area contributed by atoms with E-state index in [2.05, 4.69) is 33.1 Å². The third-order valence-corrected chi connectivity index (χ3v) is 3.94. The Balaban J connectivity index is 1.67. The molecule has 1 aromatic heterocycles. The number of non-ortho nitro benzene ring substituents is 1. The SMILES string of the molecule is O=[N+]([O-])c1ccc(-c2ccc(/C=N\Nc3ccc(I)cc3)o2)cc1. The maximum Gasteiger partial charge on any atom is 0.269 e. The van der Waals surface area contributed by atoms with E-state index in [0.717, 1.165) is 14.8 Å². The van der Waals surface area contributed by atoms with Crippen LogP contribution in [0, 0.1) is 13.7 Å². The molecule has 7 heteroatoms. The van der Waals surface area contributed by atoms with Gasteiger partial charge in [0.25, 0.3) is 5.69 Å². The molecule has 0 unspecified atom stereocenters. The number of nitrogens with one attached hydrogen (secondary N) is 1. The molecular formula is C17H12IN3O3. The lowest BCUT2D eigenvalue weighted by Gasteiger charge is -1.99. The lowest BCUT2D eigenvalue weighted by molar-refractivity contribution is -0.384. The number of hydrazone groups is 1. The van der Waals surface area contributed by atoms with E-state index >= 15 is 0 Å². The number of hydrogen-bond acceptors (Lipinski definition) is 5. The van der Waals surface area contributed by atoms with Gasteiger partial charge in [0.15, 0.2) is 0 Å². The maximum atomic E-state index is 10.7. The molecule has 0 amide bonds. The molecule has 6 nitrogen and oxygen atoms in total. The monoisotopic (exact) mass is 433 g/mol. The van der Waals surface area contributed by atoms with E-state index in [-0.39, 0.29) is 5.69 Å². The van der Waals surface area contributed by atoms with Crippen LogP contribution in [0.4, 0.5) is 11.4 Å².